The number of nitrogens with zero attached hydrogens (tertiary/aromatic N) is 1. The zero-order valence-corrected chi connectivity index (χ0v) is 16.1. The van der Waals surface area contributed by atoms with E-state index in [1.165, 1.54) is 11.1 Å². The molecular formula is C21H36N2. The molecule has 2 N–H and O–H groups in total. The molecule has 0 aliphatic rings. The van der Waals surface area contributed by atoms with Crippen molar-refractivity contribution >= 4 is 0 Å². The highest BCUT2D eigenvalue weighted by Gasteiger charge is 1.96. The van der Waals surface area contributed by atoms with Gasteiger partial charge < -0.3 is 5.73 Å². The second kappa shape index (κ2) is 16.7. The van der Waals surface area contributed by atoms with Crippen LogP contribution in [0, 0.1) is 6.92 Å². The van der Waals surface area contributed by atoms with E-state index < -0.39 is 0 Å². The van der Waals surface area contributed by atoms with Crippen molar-refractivity contribution in [1.82, 2.24) is 4.98 Å². The van der Waals surface area contributed by atoms with Gasteiger partial charge in [0.25, 0.3) is 0 Å². The van der Waals surface area contributed by atoms with Gasteiger partial charge >= 0.3 is 0 Å². The number of nitrogens with two attached hydrogens (primary N) is 1. The summed E-state index contributed by atoms with van der Waals surface area (Å²) in [7, 11) is 0. The quantitative estimate of drug-likeness (QED) is 0.727. The van der Waals surface area contributed by atoms with E-state index in [4.69, 9.17) is 5.73 Å². The maximum atomic E-state index is 5.47. The maximum absolute atomic E-state index is 5.47. The molecule has 0 radical (unpaired) electrons. The third kappa shape index (κ3) is 11.5. The molecule has 23 heavy (non-hydrogen) atoms. The second-order valence-electron chi connectivity index (χ2n) is 4.66. The van der Waals surface area contributed by atoms with Crippen LogP contribution in [0.15, 0.2) is 48.7 Å². The summed E-state index contributed by atoms with van der Waals surface area (Å²) in [4.78, 5) is 4.31. The first-order valence-electron chi connectivity index (χ1n) is 8.91. The lowest BCUT2D eigenvalue weighted by molar-refractivity contribution is 0.629. The number of rotatable bonds is 3. The molecule has 1 heterocycles. The summed E-state index contributed by atoms with van der Waals surface area (Å²) >= 11 is 0. The summed E-state index contributed by atoms with van der Waals surface area (Å²) in [6, 6.07) is 14.7. The molecule has 1 aromatic carbocycles. The first-order valence-corrected chi connectivity index (χ1v) is 8.91. The second-order valence-corrected chi connectivity index (χ2v) is 4.66. The van der Waals surface area contributed by atoms with Gasteiger partial charge in [-0.25, -0.2) is 0 Å². The largest absolute Gasteiger partial charge is 0.328 e. The number of hydrogen-bond donors (Lipinski definition) is 1. The van der Waals surface area contributed by atoms with Gasteiger partial charge in [-0.3, -0.25) is 4.98 Å². The van der Waals surface area contributed by atoms with Gasteiger partial charge in [0.05, 0.1) is 5.69 Å². The van der Waals surface area contributed by atoms with Gasteiger partial charge in [0.15, 0.2) is 0 Å². The molecule has 0 fully saturated rings. The first kappa shape index (κ1) is 23.6. The monoisotopic (exact) mass is 316 g/mol. The summed E-state index contributed by atoms with van der Waals surface area (Å²) in [5, 5.41) is 0. The standard InChI is InChI=1S/C12H11N.C5H13N.2C2H6/c1-10-7-8-13-12(9-10)11-5-3-2-4-6-11;1-3-5(6)4-2;2*1-2/h2-9H,1H3;5H,3-4,6H2,1-2H3;2*1-2H3. The molecule has 0 bridgehead atoms. The molecule has 0 aliphatic heterocycles. The Morgan fingerprint density at radius 1 is 0.913 bits per heavy atom. The molecule has 2 heteroatoms. The minimum atomic E-state index is 0.435. The molecule has 0 saturated heterocycles. The van der Waals surface area contributed by atoms with Crippen LogP contribution >= 0.6 is 0 Å². The summed E-state index contributed by atoms with van der Waals surface area (Å²) < 4.78 is 0. The van der Waals surface area contributed by atoms with Gasteiger partial charge in [-0.15, -0.1) is 0 Å². The van der Waals surface area contributed by atoms with Gasteiger partial charge in [0, 0.05) is 17.8 Å². The van der Waals surface area contributed by atoms with Crippen molar-refractivity contribution < 1.29 is 0 Å². The average Bonchev–Trinajstić information content (AvgIpc) is 2.65. The highest BCUT2D eigenvalue weighted by molar-refractivity contribution is 5.59. The summed E-state index contributed by atoms with van der Waals surface area (Å²) in [5.74, 6) is 0. The zero-order valence-electron chi connectivity index (χ0n) is 16.1. The van der Waals surface area contributed by atoms with Crippen molar-refractivity contribution in [1.29, 1.82) is 0 Å². The topological polar surface area (TPSA) is 38.9 Å². The van der Waals surface area contributed by atoms with Crippen LogP contribution in [0.25, 0.3) is 11.3 Å². The SMILES string of the molecule is CC.CC.CCC(N)CC.Cc1ccnc(-c2ccccc2)c1. The Morgan fingerprint density at radius 3 is 1.83 bits per heavy atom. The van der Waals surface area contributed by atoms with Crippen LogP contribution in [-0.2, 0) is 0 Å². The van der Waals surface area contributed by atoms with Crippen molar-refractivity contribution in [3.8, 4) is 11.3 Å². The molecule has 0 saturated carbocycles. The molecule has 0 amide bonds. The third-order valence-corrected chi connectivity index (χ3v) is 3.03. The fourth-order valence-electron chi connectivity index (χ4n) is 1.59. The van der Waals surface area contributed by atoms with Crippen molar-refractivity contribution in [3.05, 3.63) is 54.2 Å². The molecule has 0 unspecified atom stereocenters. The highest BCUT2D eigenvalue weighted by Crippen LogP contribution is 2.16. The summed E-state index contributed by atoms with van der Waals surface area (Å²) in [6.07, 6.45) is 4.06. The molecule has 130 valence electrons. The Hall–Kier alpha value is -1.67. The Bertz CT molecular complexity index is 462. The van der Waals surface area contributed by atoms with Crippen LogP contribution in [0.1, 0.15) is 59.9 Å². The number of hydrogen-bond acceptors (Lipinski definition) is 2. The van der Waals surface area contributed by atoms with E-state index in [1.807, 2.05) is 58.2 Å². The van der Waals surface area contributed by atoms with E-state index >= 15 is 0 Å². The number of aryl methyl sites for hydroxylation is 1. The number of pyridine rings is 1. The molecule has 2 nitrogen and oxygen atoms in total. The average molecular weight is 317 g/mol. The lowest BCUT2D eigenvalue weighted by Crippen LogP contribution is -2.16. The Balaban J connectivity index is 0. The fraction of sp³-hybridized carbons (Fsp3) is 0.476. The van der Waals surface area contributed by atoms with Gasteiger partial charge in [0.2, 0.25) is 0 Å². The van der Waals surface area contributed by atoms with Crippen LogP contribution in [0.4, 0.5) is 0 Å². The maximum Gasteiger partial charge on any atom is 0.0704 e. The van der Waals surface area contributed by atoms with E-state index in [9.17, 15) is 0 Å². The predicted molar refractivity (Wildman–Crippen MR) is 106 cm³/mol. The molecule has 0 atom stereocenters. The van der Waals surface area contributed by atoms with E-state index in [0.717, 1.165) is 18.5 Å². The lowest BCUT2D eigenvalue weighted by Gasteiger charge is -2.00. The van der Waals surface area contributed by atoms with Gasteiger partial charge in [-0.05, 0) is 37.5 Å². The fourth-order valence-corrected chi connectivity index (χ4v) is 1.59. The zero-order chi connectivity index (χ0) is 18.1. The molecule has 0 aliphatic carbocycles. The van der Waals surface area contributed by atoms with Crippen molar-refractivity contribution in [2.24, 2.45) is 5.73 Å². The van der Waals surface area contributed by atoms with E-state index in [-0.39, 0.29) is 0 Å². The van der Waals surface area contributed by atoms with E-state index in [0.29, 0.717) is 6.04 Å². The van der Waals surface area contributed by atoms with Crippen LogP contribution in [0.2, 0.25) is 0 Å². The van der Waals surface area contributed by atoms with Crippen LogP contribution < -0.4 is 5.73 Å². The highest BCUT2D eigenvalue weighted by atomic mass is 14.7. The van der Waals surface area contributed by atoms with Gasteiger partial charge in [-0.1, -0.05) is 71.9 Å². The smallest absolute Gasteiger partial charge is 0.0704 e. The first-order chi connectivity index (χ1) is 11.2. The normalized spacial score (nSPS) is 8.74. The van der Waals surface area contributed by atoms with Crippen molar-refractivity contribution in [2.75, 3.05) is 0 Å². The number of aromatic nitrogens is 1. The molecule has 0 spiro atoms. The molecular weight excluding hydrogens is 280 g/mol. The third-order valence-electron chi connectivity index (χ3n) is 3.03. The minimum Gasteiger partial charge on any atom is -0.328 e. The Morgan fingerprint density at radius 2 is 1.43 bits per heavy atom. The van der Waals surface area contributed by atoms with Gasteiger partial charge in [0.1, 0.15) is 0 Å². The van der Waals surface area contributed by atoms with Crippen molar-refractivity contribution in [3.63, 3.8) is 0 Å². The molecule has 2 aromatic rings. The van der Waals surface area contributed by atoms with Gasteiger partial charge in [-0.2, -0.15) is 0 Å². The predicted octanol–water partition coefficient (Wildman–Crippen LogP) is 6.24. The summed E-state index contributed by atoms with van der Waals surface area (Å²) in [5.41, 5.74) is 8.93. The van der Waals surface area contributed by atoms with Crippen LogP contribution in [0.3, 0.4) is 0 Å². The van der Waals surface area contributed by atoms with E-state index in [1.54, 1.807) is 0 Å². The van der Waals surface area contributed by atoms with Crippen LogP contribution in [0.5, 0.6) is 0 Å². The van der Waals surface area contributed by atoms with Crippen LogP contribution in [-0.4, -0.2) is 11.0 Å². The molecule has 2 rings (SSSR count). The van der Waals surface area contributed by atoms with Crippen molar-refractivity contribution in [2.45, 2.75) is 67.3 Å². The Labute approximate surface area is 144 Å². The Kier molecular flexibility index (Phi) is 17.1. The molecule has 1 aromatic heterocycles. The lowest BCUT2D eigenvalue weighted by atomic mass is 10.1. The van der Waals surface area contributed by atoms with E-state index in [2.05, 4.69) is 44.0 Å². The summed E-state index contributed by atoms with van der Waals surface area (Å²) in [6.45, 7) is 14.3. The minimum absolute atomic E-state index is 0.435. The number of benzene rings is 1.